The minimum absolute atomic E-state index is 0.232. The zero-order valence-electron chi connectivity index (χ0n) is 13.7. The Labute approximate surface area is 142 Å². The molecule has 22 heavy (non-hydrogen) atoms. The van der Waals surface area contributed by atoms with Crippen molar-refractivity contribution < 1.29 is 9.84 Å². The van der Waals surface area contributed by atoms with Crippen LogP contribution >= 0.6 is 15.9 Å². The largest absolute Gasteiger partial charge is 0.504 e. The van der Waals surface area contributed by atoms with Gasteiger partial charge in [0, 0.05) is 42.3 Å². The van der Waals surface area contributed by atoms with Gasteiger partial charge in [0.2, 0.25) is 0 Å². The fourth-order valence-corrected chi connectivity index (χ4v) is 3.48. The zero-order chi connectivity index (χ0) is 16.1. The fourth-order valence-electron chi connectivity index (χ4n) is 3.02. The first-order valence-corrected chi connectivity index (χ1v) is 8.83. The van der Waals surface area contributed by atoms with Gasteiger partial charge in [-0.1, -0.05) is 29.8 Å². The molecule has 1 atom stereocenters. The molecule has 1 saturated heterocycles. The number of piperazine rings is 1. The van der Waals surface area contributed by atoms with Crippen molar-refractivity contribution in [1.82, 2.24) is 10.2 Å². The van der Waals surface area contributed by atoms with Gasteiger partial charge in [-0.3, -0.25) is 4.90 Å². The van der Waals surface area contributed by atoms with Crippen molar-refractivity contribution >= 4 is 15.9 Å². The van der Waals surface area contributed by atoms with Gasteiger partial charge in [0.15, 0.2) is 11.5 Å². The Morgan fingerprint density at radius 3 is 2.55 bits per heavy atom. The summed E-state index contributed by atoms with van der Waals surface area (Å²) in [6, 6.07) is 4.08. The molecule has 0 unspecified atom stereocenters. The van der Waals surface area contributed by atoms with Crippen LogP contribution in [0.3, 0.4) is 0 Å². The molecule has 124 valence electrons. The van der Waals surface area contributed by atoms with Crippen LogP contribution in [0.25, 0.3) is 0 Å². The lowest BCUT2D eigenvalue weighted by molar-refractivity contribution is 0.156. The normalized spacial score (nSPS) is 17.7. The topological polar surface area (TPSA) is 44.7 Å². The first-order chi connectivity index (χ1) is 10.5. The summed E-state index contributed by atoms with van der Waals surface area (Å²) in [5, 5.41) is 14.0. The molecule has 1 fully saturated rings. The van der Waals surface area contributed by atoms with Gasteiger partial charge in [0.05, 0.1) is 7.11 Å². The summed E-state index contributed by atoms with van der Waals surface area (Å²) >= 11 is 3.54. The van der Waals surface area contributed by atoms with E-state index >= 15 is 0 Å². The monoisotopic (exact) mass is 370 g/mol. The van der Waals surface area contributed by atoms with Crippen molar-refractivity contribution in [3.8, 4) is 11.5 Å². The van der Waals surface area contributed by atoms with Crippen molar-refractivity contribution in [2.75, 3.05) is 33.3 Å². The van der Waals surface area contributed by atoms with Gasteiger partial charge >= 0.3 is 0 Å². The quantitative estimate of drug-likeness (QED) is 0.803. The van der Waals surface area contributed by atoms with E-state index in [4.69, 9.17) is 4.74 Å². The van der Waals surface area contributed by atoms with Crippen LogP contribution in [0, 0.1) is 5.92 Å². The Kier molecular flexibility index (Phi) is 6.53. The maximum absolute atomic E-state index is 10.6. The number of halogens is 1. The standard InChI is InChI=1S/C17H27BrN2O2/c1-12(2)4-5-15(20-8-6-19-7-9-20)14-10-13(18)11-16(22-3)17(14)21/h10-12,15,19,21H,4-9H2,1-3H3/t15-/m1/s1. The lowest BCUT2D eigenvalue weighted by Gasteiger charge is -2.36. The molecule has 0 radical (unpaired) electrons. The number of ether oxygens (including phenoxy) is 1. The van der Waals surface area contributed by atoms with E-state index in [1.807, 2.05) is 12.1 Å². The fraction of sp³-hybridized carbons (Fsp3) is 0.647. The number of hydrogen-bond donors (Lipinski definition) is 2. The second-order valence-electron chi connectivity index (χ2n) is 6.32. The van der Waals surface area contributed by atoms with Crippen LogP contribution in [0.2, 0.25) is 0 Å². The molecular weight excluding hydrogens is 344 g/mol. The van der Waals surface area contributed by atoms with Crippen molar-refractivity contribution in [2.45, 2.75) is 32.7 Å². The second-order valence-corrected chi connectivity index (χ2v) is 7.23. The van der Waals surface area contributed by atoms with E-state index in [2.05, 4.69) is 40.0 Å². The first kappa shape index (κ1) is 17.6. The number of nitrogens with zero attached hydrogens (tertiary/aromatic N) is 1. The van der Waals surface area contributed by atoms with E-state index < -0.39 is 0 Å². The van der Waals surface area contributed by atoms with E-state index in [1.165, 1.54) is 0 Å². The van der Waals surface area contributed by atoms with Gasteiger partial charge in [-0.05, 0) is 30.9 Å². The maximum atomic E-state index is 10.6. The molecule has 1 aromatic rings. The van der Waals surface area contributed by atoms with E-state index in [9.17, 15) is 5.11 Å². The minimum atomic E-state index is 0.232. The highest BCUT2D eigenvalue weighted by Gasteiger charge is 2.26. The summed E-state index contributed by atoms with van der Waals surface area (Å²) in [6.07, 6.45) is 2.19. The summed E-state index contributed by atoms with van der Waals surface area (Å²) in [5.41, 5.74) is 0.966. The van der Waals surface area contributed by atoms with Gasteiger partial charge in [0.25, 0.3) is 0 Å². The molecule has 1 heterocycles. The van der Waals surface area contributed by atoms with Gasteiger partial charge in [-0.25, -0.2) is 0 Å². The Bertz CT molecular complexity index is 488. The number of methoxy groups -OCH3 is 1. The van der Waals surface area contributed by atoms with Crippen molar-refractivity contribution in [3.63, 3.8) is 0 Å². The molecule has 0 amide bonds. The highest BCUT2D eigenvalue weighted by molar-refractivity contribution is 9.10. The number of phenolic OH excluding ortho intramolecular Hbond substituents is 1. The number of nitrogens with one attached hydrogen (secondary N) is 1. The molecule has 4 nitrogen and oxygen atoms in total. The Morgan fingerprint density at radius 1 is 1.27 bits per heavy atom. The van der Waals surface area contributed by atoms with Crippen molar-refractivity contribution in [2.24, 2.45) is 5.92 Å². The molecular formula is C17H27BrN2O2. The third-order valence-corrected chi connectivity index (χ3v) is 4.72. The molecule has 0 aromatic heterocycles. The molecule has 1 aliphatic rings. The summed E-state index contributed by atoms with van der Waals surface area (Å²) in [6.45, 7) is 8.52. The molecule has 5 heteroatoms. The molecule has 0 bridgehead atoms. The van der Waals surface area contributed by atoms with Gasteiger partial charge in [-0.15, -0.1) is 0 Å². The highest BCUT2D eigenvalue weighted by Crippen LogP contribution is 2.41. The molecule has 2 rings (SSSR count). The Balaban J connectivity index is 2.32. The summed E-state index contributed by atoms with van der Waals surface area (Å²) in [7, 11) is 1.60. The third kappa shape index (κ3) is 4.37. The smallest absolute Gasteiger partial charge is 0.162 e. The molecule has 0 saturated carbocycles. The minimum Gasteiger partial charge on any atom is -0.504 e. The Hall–Kier alpha value is -0.780. The van der Waals surface area contributed by atoms with Gasteiger partial charge < -0.3 is 15.2 Å². The average Bonchev–Trinajstić information content (AvgIpc) is 2.51. The predicted octanol–water partition coefficient (Wildman–Crippen LogP) is 3.55. The van der Waals surface area contributed by atoms with Crippen LogP contribution in [-0.4, -0.2) is 43.3 Å². The zero-order valence-corrected chi connectivity index (χ0v) is 15.3. The van der Waals surface area contributed by atoms with E-state index in [0.717, 1.165) is 49.1 Å². The maximum Gasteiger partial charge on any atom is 0.162 e. The van der Waals surface area contributed by atoms with Crippen LogP contribution in [0.4, 0.5) is 0 Å². The summed E-state index contributed by atoms with van der Waals surface area (Å²) in [4.78, 5) is 2.47. The first-order valence-electron chi connectivity index (χ1n) is 8.04. The summed E-state index contributed by atoms with van der Waals surface area (Å²) < 4.78 is 6.26. The number of benzene rings is 1. The molecule has 1 aliphatic heterocycles. The van der Waals surface area contributed by atoms with E-state index in [0.29, 0.717) is 11.7 Å². The summed E-state index contributed by atoms with van der Waals surface area (Å²) in [5.74, 6) is 1.47. The van der Waals surface area contributed by atoms with Gasteiger partial charge in [-0.2, -0.15) is 0 Å². The second kappa shape index (κ2) is 8.18. The lowest BCUT2D eigenvalue weighted by atomic mass is 9.95. The number of rotatable bonds is 6. The Morgan fingerprint density at radius 2 is 1.95 bits per heavy atom. The van der Waals surface area contributed by atoms with E-state index in [1.54, 1.807) is 7.11 Å². The predicted molar refractivity (Wildman–Crippen MR) is 93.6 cm³/mol. The van der Waals surface area contributed by atoms with Gasteiger partial charge in [0.1, 0.15) is 0 Å². The highest BCUT2D eigenvalue weighted by atomic mass is 79.9. The van der Waals surface area contributed by atoms with E-state index in [-0.39, 0.29) is 11.8 Å². The number of phenols is 1. The lowest BCUT2D eigenvalue weighted by Crippen LogP contribution is -2.45. The van der Waals surface area contributed by atoms with Crippen LogP contribution < -0.4 is 10.1 Å². The van der Waals surface area contributed by atoms with Crippen LogP contribution in [0.15, 0.2) is 16.6 Å². The average molecular weight is 371 g/mol. The van der Waals surface area contributed by atoms with Crippen molar-refractivity contribution in [1.29, 1.82) is 0 Å². The van der Waals surface area contributed by atoms with Crippen LogP contribution in [0.1, 0.15) is 38.3 Å². The van der Waals surface area contributed by atoms with Crippen molar-refractivity contribution in [3.05, 3.63) is 22.2 Å². The third-order valence-electron chi connectivity index (χ3n) is 4.26. The number of aromatic hydroxyl groups is 1. The molecule has 0 aliphatic carbocycles. The van der Waals surface area contributed by atoms with Crippen LogP contribution in [-0.2, 0) is 0 Å². The molecule has 1 aromatic carbocycles. The van der Waals surface area contributed by atoms with Crippen LogP contribution in [0.5, 0.6) is 11.5 Å². The number of hydrogen-bond acceptors (Lipinski definition) is 4. The molecule has 0 spiro atoms. The SMILES string of the molecule is COc1cc(Br)cc([C@@H](CCC(C)C)N2CCNCC2)c1O. The molecule has 2 N–H and O–H groups in total.